The number of rotatable bonds is 1. The third-order valence-electron chi connectivity index (χ3n) is 3.90. The van der Waals surface area contributed by atoms with Crippen molar-refractivity contribution >= 4 is 24.2 Å². The highest BCUT2D eigenvalue weighted by molar-refractivity contribution is 5.85. The molecule has 1 atom stereocenters. The molecule has 5 nitrogen and oxygen atoms in total. The molecule has 0 aliphatic carbocycles. The fourth-order valence-corrected chi connectivity index (χ4v) is 2.61. The van der Waals surface area contributed by atoms with Gasteiger partial charge in [-0.25, -0.2) is 0 Å². The van der Waals surface area contributed by atoms with Crippen LogP contribution in [-0.2, 0) is 9.59 Å². The second-order valence-corrected chi connectivity index (χ2v) is 5.29. The van der Waals surface area contributed by atoms with Crippen molar-refractivity contribution in [3.63, 3.8) is 0 Å². The van der Waals surface area contributed by atoms with Crippen molar-refractivity contribution in [3.05, 3.63) is 0 Å². The van der Waals surface area contributed by atoms with E-state index in [0.717, 1.165) is 19.5 Å². The molecule has 2 rings (SSSR count). The summed E-state index contributed by atoms with van der Waals surface area (Å²) in [6.07, 6.45) is 0.915. The van der Waals surface area contributed by atoms with Crippen molar-refractivity contribution in [1.82, 2.24) is 15.1 Å². The molecule has 0 radical (unpaired) electrons. The molecule has 18 heavy (non-hydrogen) atoms. The molecule has 0 aromatic carbocycles. The van der Waals surface area contributed by atoms with E-state index >= 15 is 0 Å². The normalized spacial score (nSPS) is 27.9. The molecule has 1 N–H and O–H groups in total. The van der Waals surface area contributed by atoms with Crippen LogP contribution in [0.1, 0.15) is 20.3 Å². The summed E-state index contributed by atoms with van der Waals surface area (Å²) in [5, 5.41) is 3.25. The first-order chi connectivity index (χ1) is 8.03. The van der Waals surface area contributed by atoms with Crippen molar-refractivity contribution in [2.45, 2.75) is 20.3 Å². The topological polar surface area (TPSA) is 52.7 Å². The van der Waals surface area contributed by atoms with Crippen LogP contribution in [0.4, 0.5) is 0 Å². The van der Waals surface area contributed by atoms with E-state index in [9.17, 15) is 9.59 Å². The summed E-state index contributed by atoms with van der Waals surface area (Å²) in [6.45, 7) is 8.01. The van der Waals surface area contributed by atoms with Crippen molar-refractivity contribution in [1.29, 1.82) is 0 Å². The molecule has 1 unspecified atom stereocenters. The van der Waals surface area contributed by atoms with Crippen molar-refractivity contribution in [3.8, 4) is 0 Å². The molecule has 2 amide bonds. The van der Waals surface area contributed by atoms with Crippen LogP contribution in [0.5, 0.6) is 0 Å². The Labute approximate surface area is 114 Å². The van der Waals surface area contributed by atoms with Crippen LogP contribution < -0.4 is 5.32 Å². The highest BCUT2D eigenvalue weighted by Gasteiger charge is 2.39. The number of halogens is 1. The molecule has 2 fully saturated rings. The lowest BCUT2D eigenvalue weighted by Crippen LogP contribution is -2.53. The van der Waals surface area contributed by atoms with Gasteiger partial charge in [0.05, 0.1) is 5.41 Å². The first kappa shape index (κ1) is 15.2. The number of amides is 2. The van der Waals surface area contributed by atoms with Gasteiger partial charge in [-0.3, -0.25) is 9.59 Å². The zero-order valence-corrected chi connectivity index (χ0v) is 11.9. The summed E-state index contributed by atoms with van der Waals surface area (Å²) in [5.41, 5.74) is -0.238. The third-order valence-corrected chi connectivity index (χ3v) is 3.90. The van der Waals surface area contributed by atoms with Crippen molar-refractivity contribution in [2.24, 2.45) is 5.41 Å². The van der Waals surface area contributed by atoms with E-state index < -0.39 is 0 Å². The summed E-state index contributed by atoms with van der Waals surface area (Å²) in [7, 11) is 0. The Kier molecular flexibility index (Phi) is 4.99. The van der Waals surface area contributed by atoms with Crippen LogP contribution in [0, 0.1) is 5.41 Å². The van der Waals surface area contributed by atoms with E-state index in [1.807, 2.05) is 11.8 Å². The van der Waals surface area contributed by atoms with E-state index in [1.54, 1.807) is 11.8 Å². The highest BCUT2D eigenvalue weighted by atomic mass is 35.5. The molecule has 2 saturated heterocycles. The number of carbonyl (C=O) groups excluding carboxylic acids is 2. The van der Waals surface area contributed by atoms with Crippen LogP contribution in [0.15, 0.2) is 0 Å². The zero-order valence-electron chi connectivity index (χ0n) is 11.1. The van der Waals surface area contributed by atoms with E-state index in [-0.39, 0.29) is 29.6 Å². The summed E-state index contributed by atoms with van der Waals surface area (Å²) >= 11 is 0. The number of nitrogens with one attached hydrogen (secondary N) is 1. The van der Waals surface area contributed by atoms with E-state index in [2.05, 4.69) is 5.32 Å². The van der Waals surface area contributed by atoms with Gasteiger partial charge in [0.15, 0.2) is 0 Å². The minimum atomic E-state index is -0.238. The third kappa shape index (κ3) is 2.95. The van der Waals surface area contributed by atoms with E-state index in [1.165, 1.54) is 0 Å². The van der Waals surface area contributed by atoms with Gasteiger partial charge in [0.2, 0.25) is 11.8 Å². The van der Waals surface area contributed by atoms with Crippen molar-refractivity contribution < 1.29 is 9.59 Å². The summed E-state index contributed by atoms with van der Waals surface area (Å²) in [5.74, 6) is 0.344. The Balaban J connectivity index is 0.00000162. The molecule has 0 bridgehead atoms. The standard InChI is InChI=1S/C12H21N3O2.ClH/c1-10(16)14-5-7-15(8-6-14)11(17)12(2)3-4-13-9-12;/h13H,3-9H2,1-2H3;1H. The number of hydrogen-bond acceptors (Lipinski definition) is 3. The molecule has 2 aliphatic heterocycles. The largest absolute Gasteiger partial charge is 0.339 e. The van der Waals surface area contributed by atoms with Gasteiger partial charge in [0.25, 0.3) is 0 Å². The Hall–Kier alpha value is -0.810. The predicted molar refractivity (Wildman–Crippen MR) is 71.7 cm³/mol. The van der Waals surface area contributed by atoms with Crippen LogP contribution in [0.25, 0.3) is 0 Å². The monoisotopic (exact) mass is 275 g/mol. The predicted octanol–water partition coefficient (Wildman–Crippen LogP) is 0.0985. The van der Waals surface area contributed by atoms with Crippen LogP contribution in [0.2, 0.25) is 0 Å². The van der Waals surface area contributed by atoms with Crippen LogP contribution >= 0.6 is 12.4 Å². The highest BCUT2D eigenvalue weighted by Crippen LogP contribution is 2.27. The van der Waals surface area contributed by atoms with Gasteiger partial charge in [-0.1, -0.05) is 0 Å². The molecular formula is C12H22ClN3O2. The molecule has 2 aliphatic rings. The minimum Gasteiger partial charge on any atom is -0.339 e. The lowest BCUT2D eigenvalue weighted by molar-refractivity contribution is -0.145. The zero-order chi connectivity index (χ0) is 12.5. The number of nitrogens with zero attached hydrogens (tertiary/aromatic N) is 2. The van der Waals surface area contributed by atoms with Crippen LogP contribution in [-0.4, -0.2) is 60.9 Å². The Morgan fingerprint density at radius 1 is 1.11 bits per heavy atom. The van der Waals surface area contributed by atoms with Gasteiger partial charge in [0, 0.05) is 39.6 Å². The molecule has 104 valence electrons. The van der Waals surface area contributed by atoms with Gasteiger partial charge in [-0.05, 0) is 19.9 Å². The number of hydrogen-bond donors (Lipinski definition) is 1. The average Bonchev–Trinajstić information content (AvgIpc) is 2.76. The van der Waals surface area contributed by atoms with Crippen molar-refractivity contribution in [2.75, 3.05) is 39.3 Å². The lowest BCUT2D eigenvalue weighted by atomic mass is 9.88. The Morgan fingerprint density at radius 3 is 2.11 bits per heavy atom. The quantitative estimate of drug-likeness (QED) is 0.738. The SMILES string of the molecule is CC(=O)N1CCN(C(=O)C2(C)CCNC2)CC1.Cl. The Bertz CT molecular complexity index is 321. The molecular weight excluding hydrogens is 254 g/mol. The fraction of sp³-hybridized carbons (Fsp3) is 0.833. The van der Waals surface area contributed by atoms with Gasteiger partial charge >= 0.3 is 0 Å². The van der Waals surface area contributed by atoms with Gasteiger partial charge in [0.1, 0.15) is 0 Å². The molecule has 0 spiro atoms. The molecule has 6 heteroatoms. The molecule has 2 heterocycles. The maximum Gasteiger partial charge on any atom is 0.229 e. The van der Waals surface area contributed by atoms with Gasteiger partial charge in [-0.2, -0.15) is 0 Å². The second kappa shape index (κ2) is 5.89. The molecule has 0 aromatic rings. The van der Waals surface area contributed by atoms with E-state index in [4.69, 9.17) is 0 Å². The first-order valence-electron chi connectivity index (χ1n) is 6.28. The smallest absolute Gasteiger partial charge is 0.229 e. The Morgan fingerprint density at radius 2 is 1.67 bits per heavy atom. The fourth-order valence-electron chi connectivity index (χ4n) is 2.61. The lowest BCUT2D eigenvalue weighted by Gasteiger charge is -2.38. The molecule has 0 saturated carbocycles. The van der Waals surface area contributed by atoms with Gasteiger partial charge in [-0.15, -0.1) is 12.4 Å². The maximum absolute atomic E-state index is 12.4. The molecule has 0 aromatic heterocycles. The summed E-state index contributed by atoms with van der Waals surface area (Å²) in [4.78, 5) is 27.3. The summed E-state index contributed by atoms with van der Waals surface area (Å²) < 4.78 is 0. The van der Waals surface area contributed by atoms with Crippen LogP contribution in [0.3, 0.4) is 0 Å². The summed E-state index contributed by atoms with van der Waals surface area (Å²) in [6, 6.07) is 0. The number of carbonyl (C=O) groups is 2. The van der Waals surface area contributed by atoms with E-state index in [0.29, 0.717) is 26.2 Å². The maximum atomic E-state index is 12.4. The first-order valence-corrected chi connectivity index (χ1v) is 6.28. The number of piperazine rings is 1. The van der Waals surface area contributed by atoms with Gasteiger partial charge < -0.3 is 15.1 Å². The second-order valence-electron chi connectivity index (χ2n) is 5.29. The average molecular weight is 276 g/mol. The minimum absolute atomic E-state index is 0.